The molecule has 0 radical (unpaired) electrons. The number of carbonyl (C=O) groups excluding carboxylic acids is 1. The van der Waals surface area contributed by atoms with Gasteiger partial charge in [-0.15, -0.1) is 11.3 Å². The van der Waals surface area contributed by atoms with Crippen molar-refractivity contribution in [1.29, 1.82) is 0 Å². The summed E-state index contributed by atoms with van der Waals surface area (Å²) in [6.07, 6.45) is 3.61. The fourth-order valence-electron chi connectivity index (χ4n) is 2.12. The summed E-state index contributed by atoms with van der Waals surface area (Å²) in [5.74, 6) is 0.513. The lowest BCUT2D eigenvalue weighted by Crippen LogP contribution is -2.31. The van der Waals surface area contributed by atoms with Crippen LogP contribution in [0.5, 0.6) is 0 Å². The van der Waals surface area contributed by atoms with E-state index in [0.29, 0.717) is 5.92 Å². The average Bonchev–Trinajstić information content (AvgIpc) is 2.74. The van der Waals surface area contributed by atoms with Gasteiger partial charge in [-0.25, -0.2) is 0 Å². The van der Waals surface area contributed by atoms with Gasteiger partial charge in [0, 0.05) is 11.0 Å². The SMILES string of the molecule is O=C(NCC1CCC(O)CC1)c1sccc1Br. The first-order valence-electron chi connectivity index (χ1n) is 5.86. The molecule has 5 heteroatoms. The molecule has 94 valence electrons. The quantitative estimate of drug-likeness (QED) is 0.900. The largest absolute Gasteiger partial charge is 0.393 e. The van der Waals surface area contributed by atoms with E-state index in [4.69, 9.17) is 0 Å². The van der Waals surface area contributed by atoms with Crippen molar-refractivity contribution in [3.63, 3.8) is 0 Å². The van der Waals surface area contributed by atoms with Crippen LogP contribution in [0.25, 0.3) is 0 Å². The van der Waals surface area contributed by atoms with Crippen LogP contribution in [0.3, 0.4) is 0 Å². The second-order valence-electron chi connectivity index (χ2n) is 4.48. The van der Waals surface area contributed by atoms with Crippen molar-refractivity contribution in [2.24, 2.45) is 5.92 Å². The topological polar surface area (TPSA) is 49.3 Å². The lowest BCUT2D eigenvalue weighted by molar-refractivity contribution is 0.0913. The predicted molar refractivity (Wildman–Crippen MR) is 72.3 cm³/mol. The second-order valence-corrected chi connectivity index (χ2v) is 6.25. The van der Waals surface area contributed by atoms with Crippen LogP contribution in [0.4, 0.5) is 0 Å². The van der Waals surface area contributed by atoms with Gasteiger partial charge in [0.15, 0.2) is 0 Å². The van der Waals surface area contributed by atoms with Gasteiger partial charge >= 0.3 is 0 Å². The van der Waals surface area contributed by atoms with Gasteiger partial charge in [-0.2, -0.15) is 0 Å². The number of hydrogen-bond acceptors (Lipinski definition) is 3. The number of amides is 1. The lowest BCUT2D eigenvalue weighted by atomic mass is 9.87. The van der Waals surface area contributed by atoms with E-state index in [2.05, 4.69) is 21.2 Å². The molecule has 0 unspecified atom stereocenters. The molecule has 1 aromatic rings. The van der Waals surface area contributed by atoms with E-state index in [-0.39, 0.29) is 12.0 Å². The van der Waals surface area contributed by atoms with E-state index >= 15 is 0 Å². The van der Waals surface area contributed by atoms with Crippen molar-refractivity contribution in [3.8, 4) is 0 Å². The van der Waals surface area contributed by atoms with E-state index in [1.54, 1.807) is 0 Å². The molecule has 0 bridgehead atoms. The van der Waals surface area contributed by atoms with E-state index in [1.165, 1.54) is 11.3 Å². The smallest absolute Gasteiger partial charge is 0.262 e. The summed E-state index contributed by atoms with van der Waals surface area (Å²) >= 11 is 4.80. The molecule has 1 aliphatic rings. The number of aliphatic hydroxyl groups excluding tert-OH is 1. The number of rotatable bonds is 3. The van der Waals surface area contributed by atoms with E-state index in [1.807, 2.05) is 11.4 Å². The van der Waals surface area contributed by atoms with Gasteiger partial charge in [0.2, 0.25) is 0 Å². The second kappa shape index (κ2) is 5.98. The molecule has 0 saturated heterocycles. The summed E-state index contributed by atoms with van der Waals surface area (Å²) in [6, 6.07) is 1.89. The van der Waals surface area contributed by atoms with Crippen LogP contribution in [0, 0.1) is 5.92 Å². The van der Waals surface area contributed by atoms with Gasteiger partial charge in [-0.3, -0.25) is 4.79 Å². The molecule has 17 heavy (non-hydrogen) atoms. The molecule has 0 aromatic carbocycles. The zero-order chi connectivity index (χ0) is 12.3. The first kappa shape index (κ1) is 13.1. The summed E-state index contributed by atoms with van der Waals surface area (Å²) in [4.78, 5) is 12.6. The van der Waals surface area contributed by atoms with Crippen molar-refractivity contribution >= 4 is 33.2 Å². The van der Waals surface area contributed by atoms with Crippen molar-refractivity contribution < 1.29 is 9.90 Å². The van der Waals surface area contributed by atoms with Crippen molar-refractivity contribution in [1.82, 2.24) is 5.32 Å². The summed E-state index contributed by atoms with van der Waals surface area (Å²) in [6.45, 7) is 0.718. The fraction of sp³-hybridized carbons (Fsp3) is 0.583. The van der Waals surface area contributed by atoms with Crippen LogP contribution in [0.1, 0.15) is 35.4 Å². The zero-order valence-corrected chi connectivity index (χ0v) is 11.9. The van der Waals surface area contributed by atoms with Gasteiger partial charge in [0.1, 0.15) is 4.88 Å². The Hall–Kier alpha value is -0.390. The average molecular weight is 318 g/mol. The highest BCUT2D eigenvalue weighted by Gasteiger charge is 2.20. The van der Waals surface area contributed by atoms with E-state index < -0.39 is 0 Å². The van der Waals surface area contributed by atoms with Gasteiger partial charge in [-0.05, 0) is 59.0 Å². The molecule has 1 saturated carbocycles. The Labute approximate surface area is 113 Å². The fourth-order valence-corrected chi connectivity index (χ4v) is 3.59. The number of hydrogen-bond donors (Lipinski definition) is 2. The summed E-state index contributed by atoms with van der Waals surface area (Å²) in [5, 5.41) is 14.3. The zero-order valence-electron chi connectivity index (χ0n) is 9.49. The minimum atomic E-state index is -0.131. The molecule has 1 aliphatic carbocycles. The molecule has 1 aromatic heterocycles. The van der Waals surface area contributed by atoms with Gasteiger partial charge in [0.05, 0.1) is 6.10 Å². The van der Waals surface area contributed by atoms with Crippen LogP contribution in [-0.2, 0) is 0 Å². The number of halogens is 1. The molecule has 0 aliphatic heterocycles. The minimum absolute atomic E-state index is 0.00185. The van der Waals surface area contributed by atoms with Gasteiger partial charge in [-0.1, -0.05) is 0 Å². The van der Waals surface area contributed by atoms with E-state index in [0.717, 1.165) is 41.6 Å². The minimum Gasteiger partial charge on any atom is -0.393 e. The maximum atomic E-state index is 11.9. The number of nitrogens with one attached hydrogen (secondary N) is 1. The predicted octanol–water partition coefficient (Wildman–Crippen LogP) is 2.79. The highest BCUT2D eigenvalue weighted by atomic mass is 79.9. The Morgan fingerprint density at radius 1 is 1.47 bits per heavy atom. The standard InChI is InChI=1S/C12H16BrNO2S/c13-10-5-6-17-11(10)12(16)14-7-8-1-3-9(15)4-2-8/h5-6,8-9,15H,1-4,7H2,(H,14,16). The molecular formula is C12H16BrNO2S. The van der Waals surface area contributed by atoms with Crippen molar-refractivity contribution in [3.05, 3.63) is 20.8 Å². The lowest BCUT2D eigenvalue weighted by Gasteiger charge is -2.25. The van der Waals surface area contributed by atoms with Crippen molar-refractivity contribution in [2.75, 3.05) is 6.54 Å². The van der Waals surface area contributed by atoms with Gasteiger partial charge < -0.3 is 10.4 Å². The molecular weight excluding hydrogens is 302 g/mol. The maximum Gasteiger partial charge on any atom is 0.262 e. The summed E-state index contributed by atoms with van der Waals surface area (Å²) in [7, 11) is 0. The monoisotopic (exact) mass is 317 g/mol. The van der Waals surface area contributed by atoms with Crippen LogP contribution in [0.15, 0.2) is 15.9 Å². The van der Waals surface area contributed by atoms with Gasteiger partial charge in [0.25, 0.3) is 5.91 Å². The molecule has 3 nitrogen and oxygen atoms in total. The third-order valence-electron chi connectivity index (χ3n) is 3.19. The van der Waals surface area contributed by atoms with Crippen LogP contribution < -0.4 is 5.32 Å². The Morgan fingerprint density at radius 3 is 2.76 bits per heavy atom. The maximum absolute atomic E-state index is 11.9. The first-order chi connectivity index (χ1) is 8.16. The third-order valence-corrected chi connectivity index (χ3v) is 5.03. The summed E-state index contributed by atoms with van der Waals surface area (Å²) < 4.78 is 0.860. The Bertz CT molecular complexity index is 386. The Balaban J connectivity index is 1.79. The van der Waals surface area contributed by atoms with E-state index in [9.17, 15) is 9.90 Å². The molecule has 2 rings (SSSR count). The normalized spacial score (nSPS) is 24.6. The van der Waals surface area contributed by atoms with Crippen molar-refractivity contribution in [2.45, 2.75) is 31.8 Å². The third kappa shape index (κ3) is 3.53. The first-order valence-corrected chi connectivity index (χ1v) is 7.53. The van der Waals surface area contributed by atoms with Crippen LogP contribution >= 0.6 is 27.3 Å². The number of carbonyl (C=O) groups is 1. The molecule has 0 atom stereocenters. The highest BCUT2D eigenvalue weighted by molar-refractivity contribution is 9.10. The molecule has 1 fully saturated rings. The highest BCUT2D eigenvalue weighted by Crippen LogP contribution is 2.25. The molecule has 0 spiro atoms. The number of thiophene rings is 1. The number of aliphatic hydroxyl groups is 1. The molecule has 1 heterocycles. The Morgan fingerprint density at radius 2 is 2.18 bits per heavy atom. The Kier molecular flexibility index (Phi) is 4.59. The van der Waals surface area contributed by atoms with Crippen LogP contribution in [0.2, 0.25) is 0 Å². The molecule has 1 amide bonds. The van der Waals surface area contributed by atoms with Crippen LogP contribution in [-0.4, -0.2) is 23.7 Å². The molecule has 2 N–H and O–H groups in total. The summed E-state index contributed by atoms with van der Waals surface area (Å²) in [5.41, 5.74) is 0.